The Morgan fingerprint density at radius 1 is 1.36 bits per heavy atom. The van der Waals surface area contributed by atoms with E-state index in [2.05, 4.69) is 31.3 Å². The third-order valence-electron chi connectivity index (χ3n) is 4.34. The summed E-state index contributed by atoms with van der Waals surface area (Å²) in [5.74, 6) is 1.53. The van der Waals surface area contributed by atoms with Gasteiger partial charge in [-0.25, -0.2) is 13.1 Å². The smallest absolute Gasteiger partial charge is 0.209 e. The molecule has 160 valence electrons. The van der Waals surface area contributed by atoms with Crippen LogP contribution >= 0.6 is 24.0 Å². The first-order valence-corrected chi connectivity index (χ1v) is 10.9. The number of benzene rings is 1. The molecule has 1 heterocycles. The molecule has 0 bridgehead atoms. The van der Waals surface area contributed by atoms with Gasteiger partial charge in [-0.15, -0.1) is 24.0 Å². The topological polar surface area (TPSA) is 95.1 Å². The minimum Gasteiger partial charge on any atom is -0.495 e. The molecule has 10 heteroatoms. The highest BCUT2D eigenvalue weighted by molar-refractivity contribution is 14.0. The molecule has 0 saturated carbocycles. The summed E-state index contributed by atoms with van der Waals surface area (Å²) in [5, 5.41) is 6.62. The molecule has 2 rings (SSSR count). The van der Waals surface area contributed by atoms with E-state index in [1.165, 1.54) is 0 Å². The van der Waals surface area contributed by atoms with Gasteiger partial charge in [0, 0.05) is 38.3 Å². The molecular weight excluding hydrogens is 493 g/mol. The van der Waals surface area contributed by atoms with E-state index in [1.807, 2.05) is 32.0 Å². The molecule has 0 aromatic heterocycles. The highest BCUT2D eigenvalue weighted by Gasteiger charge is 2.26. The summed E-state index contributed by atoms with van der Waals surface area (Å²) in [6, 6.07) is 8.25. The number of aliphatic imine (C=N–C) groups is 1. The van der Waals surface area contributed by atoms with Crippen LogP contribution in [-0.4, -0.2) is 66.0 Å². The number of nitrogens with zero attached hydrogens (tertiary/aromatic N) is 2. The van der Waals surface area contributed by atoms with Crippen molar-refractivity contribution in [1.29, 1.82) is 0 Å². The molecule has 1 aromatic carbocycles. The Kier molecular flexibility index (Phi) is 9.28. The summed E-state index contributed by atoms with van der Waals surface area (Å²) >= 11 is 0. The molecule has 0 aliphatic carbocycles. The monoisotopic (exact) mass is 525 g/mol. The molecule has 0 amide bonds. The van der Waals surface area contributed by atoms with E-state index < -0.39 is 15.6 Å². The zero-order chi connectivity index (χ0) is 20.1. The van der Waals surface area contributed by atoms with Crippen molar-refractivity contribution in [3.05, 3.63) is 24.3 Å². The third-order valence-corrected chi connectivity index (χ3v) is 5.26. The van der Waals surface area contributed by atoms with Gasteiger partial charge in [-0.3, -0.25) is 4.99 Å². The van der Waals surface area contributed by atoms with E-state index in [1.54, 1.807) is 14.2 Å². The van der Waals surface area contributed by atoms with Gasteiger partial charge in [0.05, 0.1) is 19.1 Å². The zero-order valence-electron chi connectivity index (χ0n) is 17.2. The van der Waals surface area contributed by atoms with Crippen LogP contribution < -0.4 is 25.0 Å². The summed E-state index contributed by atoms with van der Waals surface area (Å²) < 4.78 is 31.0. The highest BCUT2D eigenvalue weighted by Crippen LogP contribution is 2.30. The van der Waals surface area contributed by atoms with Crippen molar-refractivity contribution in [1.82, 2.24) is 15.4 Å². The highest BCUT2D eigenvalue weighted by atomic mass is 127. The van der Waals surface area contributed by atoms with E-state index in [9.17, 15) is 8.42 Å². The number of anilines is 1. The van der Waals surface area contributed by atoms with Crippen LogP contribution in [0, 0.1) is 0 Å². The minimum absolute atomic E-state index is 0. The fourth-order valence-electron chi connectivity index (χ4n) is 3.22. The Hall–Kier alpha value is -1.27. The van der Waals surface area contributed by atoms with Crippen molar-refractivity contribution >= 4 is 45.6 Å². The van der Waals surface area contributed by atoms with Gasteiger partial charge >= 0.3 is 0 Å². The van der Waals surface area contributed by atoms with Crippen molar-refractivity contribution in [3.63, 3.8) is 0 Å². The lowest BCUT2D eigenvalue weighted by atomic mass is 10.1. The van der Waals surface area contributed by atoms with Crippen LogP contribution in [0.4, 0.5) is 5.69 Å². The number of hydrogen-bond acceptors (Lipinski definition) is 5. The zero-order valence-corrected chi connectivity index (χ0v) is 20.3. The van der Waals surface area contributed by atoms with E-state index in [4.69, 9.17) is 4.74 Å². The van der Waals surface area contributed by atoms with Crippen LogP contribution in [0.3, 0.4) is 0 Å². The van der Waals surface area contributed by atoms with Gasteiger partial charge in [-0.1, -0.05) is 12.1 Å². The molecule has 1 fully saturated rings. The van der Waals surface area contributed by atoms with Crippen molar-refractivity contribution in [2.75, 3.05) is 44.9 Å². The second kappa shape index (κ2) is 10.5. The Balaban J connectivity index is 0.00000392. The first-order chi connectivity index (χ1) is 12.6. The standard InChI is InChI=1S/C18H31N5O3S.HI/c1-18(2,22-27(5,24)25)13-20-17(19-3)21-14-10-11-23(12-14)15-8-6-7-9-16(15)26-4;/h6-9,14,22H,10-13H2,1-5H3,(H2,19,20,21);1H. The molecular formula is C18H32IN5O3S. The van der Waals surface area contributed by atoms with E-state index in [0.29, 0.717) is 12.5 Å². The van der Waals surface area contributed by atoms with Crippen molar-refractivity contribution in [3.8, 4) is 5.75 Å². The first kappa shape index (κ1) is 24.8. The van der Waals surface area contributed by atoms with Crippen LogP contribution in [0.15, 0.2) is 29.3 Å². The molecule has 0 spiro atoms. The van der Waals surface area contributed by atoms with Crippen LogP contribution in [0.5, 0.6) is 5.75 Å². The van der Waals surface area contributed by atoms with Crippen molar-refractivity contribution < 1.29 is 13.2 Å². The Morgan fingerprint density at radius 2 is 2.04 bits per heavy atom. The first-order valence-electron chi connectivity index (χ1n) is 8.97. The van der Waals surface area contributed by atoms with E-state index >= 15 is 0 Å². The van der Waals surface area contributed by atoms with Crippen LogP contribution in [-0.2, 0) is 10.0 Å². The molecule has 3 N–H and O–H groups in total. The second-order valence-electron chi connectivity index (χ2n) is 7.43. The molecule has 1 aliphatic heterocycles. The van der Waals surface area contributed by atoms with E-state index in [0.717, 1.165) is 37.2 Å². The summed E-state index contributed by atoms with van der Waals surface area (Å²) in [6.45, 7) is 5.84. The lowest BCUT2D eigenvalue weighted by molar-refractivity contribution is 0.415. The Labute approximate surface area is 185 Å². The average molecular weight is 525 g/mol. The van der Waals surface area contributed by atoms with Gasteiger partial charge < -0.3 is 20.3 Å². The third kappa shape index (κ3) is 7.63. The number of nitrogens with one attached hydrogen (secondary N) is 3. The van der Waals surface area contributed by atoms with Gasteiger partial charge in [0.15, 0.2) is 5.96 Å². The minimum atomic E-state index is -3.27. The van der Waals surface area contributed by atoms with Crippen LogP contribution in [0.1, 0.15) is 20.3 Å². The predicted octanol–water partition coefficient (Wildman–Crippen LogP) is 1.38. The summed E-state index contributed by atoms with van der Waals surface area (Å²) in [4.78, 5) is 6.55. The molecule has 1 atom stereocenters. The normalized spacial score (nSPS) is 17.8. The lowest BCUT2D eigenvalue weighted by Gasteiger charge is -2.27. The number of sulfonamides is 1. The molecule has 8 nitrogen and oxygen atoms in total. The lowest BCUT2D eigenvalue weighted by Crippen LogP contribution is -2.54. The van der Waals surface area contributed by atoms with Crippen molar-refractivity contribution in [2.24, 2.45) is 4.99 Å². The van der Waals surface area contributed by atoms with Gasteiger partial charge in [-0.2, -0.15) is 0 Å². The number of hydrogen-bond donors (Lipinski definition) is 3. The van der Waals surface area contributed by atoms with Gasteiger partial charge in [-0.05, 0) is 32.4 Å². The maximum atomic E-state index is 11.5. The second-order valence-corrected chi connectivity index (χ2v) is 9.18. The number of para-hydroxylation sites is 2. The fraction of sp³-hybridized carbons (Fsp3) is 0.611. The largest absolute Gasteiger partial charge is 0.495 e. The van der Waals surface area contributed by atoms with Gasteiger partial charge in [0.25, 0.3) is 0 Å². The maximum Gasteiger partial charge on any atom is 0.209 e. The molecule has 1 aromatic rings. The van der Waals surface area contributed by atoms with Crippen LogP contribution in [0.2, 0.25) is 0 Å². The number of methoxy groups -OCH3 is 1. The number of guanidine groups is 1. The van der Waals surface area contributed by atoms with Crippen LogP contribution in [0.25, 0.3) is 0 Å². The molecule has 28 heavy (non-hydrogen) atoms. The molecule has 0 radical (unpaired) electrons. The number of ether oxygens (including phenoxy) is 1. The average Bonchev–Trinajstić information content (AvgIpc) is 3.04. The molecule has 1 saturated heterocycles. The van der Waals surface area contributed by atoms with Gasteiger partial charge in [0.1, 0.15) is 5.75 Å². The Bertz CT molecular complexity index is 770. The molecule has 1 unspecified atom stereocenters. The quantitative estimate of drug-likeness (QED) is 0.283. The van der Waals surface area contributed by atoms with E-state index in [-0.39, 0.29) is 30.0 Å². The number of rotatable bonds is 7. The maximum absolute atomic E-state index is 11.5. The molecule has 1 aliphatic rings. The SMILES string of the molecule is CN=C(NCC(C)(C)NS(C)(=O)=O)NC1CCN(c2ccccc2OC)C1.I. The Morgan fingerprint density at radius 3 is 2.64 bits per heavy atom. The number of halogens is 1. The van der Waals surface area contributed by atoms with Crippen molar-refractivity contribution in [2.45, 2.75) is 31.8 Å². The summed E-state index contributed by atoms with van der Waals surface area (Å²) in [6.07, 6.45) is 2.14. The fourth-order valence-corrected chi connectivity index (χ4v) is 4.29. The summed E-state index contributed by atoms with van der Waals surface area (Å²) in [5.41, 5.74) is 0.468. The summed E-state index contributed by atoms with van der Waals surface area (Å²) in [7, 11) is 0.119. The van der Waals surface area contributed by atoms with Gasteiger partial charge in [0.2, 0.25) is 10.0 Å². The predicted molar refractivity (Wildman–Crippen MR) is 126 cm³/mol.